The summed E-state index contributed by atoms with van der Waals surface area (Å²) in [5, 5.41) is 7.59. The van der Waals surface area contributed by atoms with Crippen molar-refractivity contribution >= 4 is 17.3 Å². The first-order chi connectivity index (χ1) is 16.0. The summed E-state index contributed by atoms with van der Waals surface area (Å²) in [6.07, 6.45) is 9.08. The highest BCUT2D eigenvalue weighted by atomic mass is 19.1. The van der Waals surface area contributed by atoms with E-state index >= 15 is 0 Å². The number of aryl methyl sites for hydroxylation is 1. The Balaban J connectivity index is 1.22. The van der Waals surface area contributed by atoms with E-state index in [9.17, 15) is 9.18 Å². The molecule has 2 aromatic rings. The van der Waals surface area contributed by atoms with Crippen LogP contribution in [-0.2, 0) is 24.2 Å². The molecule has 1 amide bonds. The zero-order valence-electron chi connectivity index (χ0n) is 19.8. The Bertz CT molecular complexity index is 998. The molecule has 1 aromatic heterocycles. The maximum absolute atomic E-state index is 14.1. The molecule has 0 saturated heterocycles. The summed E-state index contributed by atoms with van der Waals surface area (Å²) < 4.78 is 21.8. The number of benzene rings is 1. The number of carbonyl (C=O) groups is 1. The molecule has 0 aliphatic carbocycles. The van der Waals surface area contributed by atoms with Crippen LogP contribution >= 0.6 is 0 Å². The van der Waals surface area contributed by atoms with Gasteiger partial charge in [0.1, 0.15) is 11.9 Å². The van der Waals surface area contributed by atoms with Crippen molar-refractivity contribution < 1.29 is 13.9 Å². The Hall–Kier alpha value is -2.67. The molecule has 1 N–H and O–H groups in total. The van der Waals surface area contributed by atoms with Gasteiger partial charge >= 0.3 is 0 Å². The molecular weight excluding hydrogens is 419 g/mol. The van der Waals surface area contributed by atoms with Gasteiger partial charge in [-0.2, -0.15) is 5.10 Å². The Morgan fingerprint density at radius 1 is 1.27 bits per heavy atom. The smallest absolute Gasteiger partial charge is 0.224 e. The van der Waals surface area contributed by atoms with E-state index in [0.717, 1.165) is 75.3 Å². The van der Waals surface area contributed by atoms with Crippen molar-refractivity contribution in [3.8, 4) is 5.75 Å². The van der Waals surface area contributed by atoms with Crippen LogP contribution in [0.2, 0.25) is 0 Å². The maximum Gasteiger partial charge on any atom is 0.224 e. The summed E-state index contributed by atoms with van der Waals surface area (Å²) in [7, 11) is 0. The Kier molecular flexibility index (Phi) is 7.81. The molecule has 1 unspecified atom stereocenters. The van der Waals surface area contributed by atoms with Gasteiger partial charge in [-0.3, -0.25) is 9.69 Å². The second kappa shape index (κ2) is 11.0. The van der Waals surface area contributed by atoms with Crippen molar-refractivity contribution in [2.75, 3.05) is 25.0 Å². The number of nitrogens with one attached hydrogen (secondary N) is 1. The van der Waals surface area contributed by atoms with Gasteiger partial charge in [0.2, 0.25) is 5.91 Å². The van der Waals surface area contributed by atoms with Crippen molar-refractivity contribution in [1.82, 2.24) is 14.7 Å². The number of halogens is 1. The van der Waals surface area contributed by atoms with Crippen LogP contribution in [0.1, 0.15) is 62.8 Å². The molecule has 0 spiro atoms. The molecule has 178 valence electrons. The summed E-state index contributed by atoms with van der Waals surface area (Å²) in [6, 6.07) is 5.96. The molecule has 1 aromatic carbocycles. The quantitative estimate of drug-likeness (QED) is 0.514. The zero-order valence-corrected chi connectivity index (χ0v) is 19.8. The minimum atomic E-state index is -1.03. The highest BCUT2D eigenvalue weighted by Gasteiger charge is 2.21. The number of aromatic nitrogens is 2. The molecule has 0 radical (unpaired) electrons. The number of unbranched alkanes of at least 4 members (excludes halogenated alkanes) is 2. The maximum atomic E-state index is 14.1. The van der Waals surface area contributed by atoms with Gasteiger partial charge in [0, 0.05) is 49.4 Å². The van der Waals surface area contributed by atoms with E-state index in [-0.39, 0.29) is 5.91 Å². The molecule has 6 nitrogen and oxygen atoms in total. The van der Waals surface area contributed by atoms with Crippen LogP contribution in [0.4, 0.5) is 10.1 Å². The number of amides is 1. The molecule has 0 saturated carbocycles. The van der Waals surface area contributed by atoms with Gasteiger partial charge in [0.15, 0.2) is 0 Å². The second-order valence-electron chi connectivity index (χ2n) is 9.03. The molecule has 3 heterocycles. The number of anilines is 1. The van der Waals surface area contributed by atoms with Gasteiger partial charge in [-0.1, -0.05) is 25.5 Å². The van der Waals surface area contributed by atoms with Crippen molar-refractivity contribution in [3.63, 3.8) is 0 Å². The van der Waals surface area contributed by atoms with Crippen LogP contribution in [0.3, 0.4) is 0 Å². The molecule has 33 heavy (non-hydrogen) atoms. The number of hydrogen-bond acceptors (Lipinski definition) is 4. The van der Waals surface area contributed by atoms with Crippen LogP contribution in [0.5, 0.6) is 5.75 Å². The molecule has 4 rings (SSSR count). The Labute approximate surface area is 195 Å². The van der Waals surface area contributed by atoms with E-state index in [0.29, 0.717) is 18.7 Å². The van der Waals surface area contributed by atoms with Gasteiger partial charge in [-0.25, -0.2) is 9.07 Å². The van der Waals surface area contributed by atoms with E-state index in [1.807, 2.05) is 30.5 Å². The van der Waals surface area contributed by atoms with Crippen LogP contribution in [-0.4, -0.2) is 46.5 Å². The zero-order chi connectivity index (χ0) is 23.2. The predicted molar refractivity (Wildman–Crippen MR) is 129 cm³/mol. The van der Waals surface area contributed by atoms with E-state index in [2.05, 4.69) is 22.2 Å². The SMILES string of the molecule is CCC/C=C(\C(C)F)n1cc2c(n1)CCN(CCCCOc1ccc3c(c1)NC(=O)CC3)C2. The third-order valence-corrected chi connectivity index (χ3v) is 6.36. The number of hydrogen-bond donors (Lipinski definition) is 1. The number of alkyl halides is 1. The highest BCUT2D eigenvalue weighted by Crippen LogP contribution is 2.27. The van der Waals surface area contributed by atoms with Crippen LogP contribution in [0.15, 0.2) is 30.5 Å². The fourth-order valence-electron chi connectivity index (χ4n) is 4.49. The number of fused-ring (bicyclic) bond motifs is 2. The summed E-state index contributed by atoms with van der Waals surface area (Å²) in [4.78, 5) is 14.0. The molecule has 1 atom stereocenters. The Morgan fingerprint density at radius 2 is 2.15 bits per heavy atom. The Morgan fingerprint density at radius 3 is 2.97 bits per heavy atom. The fraction of sp³-hybridized carbons (Fsp3) is 0.538. The summed E-state index contributed by atoms with van der Waals surface area (Å²) >= 11 is 0. The predicted octanol–water partition coefficient (Wildman–Crippen LogP) is 4.98. The van der Waals surface area contributed by atoms with Gasteiger partial charge in [-0.15, -0.1) is 0 Å². The lowest BCUT2D eigenvalue weighted by Crippen LogP contribution is -2.31. The number of ether oxygens (including phenoxy) is 1. The van der Waals surface area contributed by atoms with Crippen molar-refractivity contribution in [3.05, 3.63) is 47.3 Å². The third kappa shape index (κ3) is 6.02. The van der Waals surface area contributed by atoms with Crippen molar-refractivity contribution in [2.45, 2.75) is 71.5 Å². The van der Waals surface area contributed by atoms with Crippen LogP contribution in [0.25, 0.3) is 5.70 Å². The molecule has 2 aliphatic heterocycles. The largest absolute Gasteiger partial charge is 0.494 e. The van der Waals surface area contributed by atoms with Gasteiger partial charge in [0.05, 0.1) is 18.0 Å². The number of rotatable bonds is 10. The van der Waals surface area contributed by atoms with E-state index in [4.69, 9.17) is 4.74 Å². The summed E-state index contributed by atoms with van der Waals surface area (Å²) in [6.45, 7) is 7.18. The lowest BCUT2D eigenvalue weighted by atomic mass is 10.0. The first-order valence-electron chi connectivity index (χ1n) is 12.2. The molecule has 7 heteroatoms. The van der Waals surface area contributed by atoms with Gasteiger partial charge < -0.3 is 10.1 Å². The molecular formula is C26H35FN4O2. The molecule has 0 fully saturated rings. The third-order valence-electron chi connectivity index (χ3n) is 6.36. The first kappa shape index (κ1) is 23.5. The topological polar surface area (TPSA) is 59.4 Å². The average molecular weight is 455 g/mol. The lowest BCUT2D eigenvalue weighted by molar-refractivity contribution is -0.116. The first-order valence-corrected chi connectivity index (χ1v) is 12.2. The van der Waals surface area contributed by atoms with E-state index in [1.165, 1.54) is 11.1 Å². The van der Waals surface area contributed by atoms with Crippen LogP contribution < -0.4 is 10.1 Å². The lowest BCUT2D eigenvalue weighted by Gasteiger charge is -2.25. The van der Waals surface area contributed by atoms with Crippen LogP contribution in [0, 0.1) is 0 Å². The minimum Gasteiger partial charge on any atom is -0.494 e. The van der Waals surface area contributed by atoms with Gasteiger partial charge in [-0.05, 0) is 50.8 Å². The average Bonchev–Trinajstić information content (AvgIpc) is 3.21. The van der Waals surface area contributed by atoms with Crippen molar-refractivity contribution in [2.24, 2.45) is 0 Å². The van der Waals surface area contributed by atoms with E-state index in [1.54, 1.807) is 11.6 Å². The molecule has 0 bridgehead atoms. The summed E-state index contributed by atoms with van der Waals surface area (Å²) in [5.41, 5.74) is 5.00. The molecule has 2 aliphatic rings. The summed E-state index contributed by atoms with van der Waals surface area (Å²) in [5.74, 6) is 0.877. The number of carbonyl (C=O) groups excluding carboxylic acids is 1. The standard InChI is InChI=1S/C26H35FN4O2/c1-3-4-7-25(19(2)27)31-18-21-17-30(14-12-23(21)29-31)13-5-6-15-33-22-10-8-20-9-11-26(32)28-24(20)16-22/h7-8,10,16,18-19H,3-6,9,11-15,17H2,1-2H3,(H,28,32)/b25-7+. The highest BCUT2D eigenvalue weighted by molar-refractivity contribution is 5.94. The monoisotopic (exact) mass is 454 g/mol. The fourth-order valence-corrected chi connectivity index (χ4v) is 4.49. The number of nitrogens with zero attached hydrogens (tertiary/aromatic N) is 3. The van der Waals surface area contributed by atoms with Gasteiger partial charge in [0.25, 0.3) is 0 Å². The normalized spacial score (nSPS) is 17.3. The number of allylic oxidation sites excluding steroid dienone is 2. The minimum absolute atomic E-state index is 0.0716. The second-order valence-corrected chi connectivity index (χ2v) is 9.03. The van der Waals surface area contributed by atoms with E-state index < -0.39 is 6.17 Å². The van der Waals surface area contributed by atoms with Crippen molar-refractivity contribution in [1.29, 1.82) is 0 Å².